The summed E-state index contributed by atoms with van der Waals surface area (Å²) in [7, 11) is 1.93. The van der Waals surface area contributed by atoms with E-state index in [1.54, 1.807) is 18.2 Å². The Hall–Kier alpha value is -2.98. The molecule has 4 nitrogen and oxygen atoms in total. The minimum Gasteiger partial charge on any atom is -0.372 e. The van der Waals surface area contributed by atoms with E-state index in [-0.39, 0.29) is 0 Å². The van der Waals surface area contributed by atoms with E-state index in [1.807, 2.05) is 11.9 Å². The van der Waals surface area contributed by atoms with Gasteiger partial charge in [0.05, 0.1) is 16.8 Å². The molecule has 0 bridgehead atoms. The standard InChI is InChI=1S/C21H22N4/c1-24(21-18(14-22)6-5-7-19(21)15-23)16-17-8-10-20(11-9-17)25-12-3-2-4-13-25/h5-11H,2-4,12-13,16H2,1H3. The summed E-state index contributed by atoms with van der Waals surface area (Å²) >= 11 is 0. The van der Waals surface area contributed by atoms with Crippen LogP contribution in [0.25, 0.3) is 0 Å². The van der Waals surface area contributed by atoms with Crippen LogP contribution in [-0.4, -0.2) is 20.1 Å². The topological polar surface area (TPSA) is 54.1 Å². The molecule has 2 aromatic carbocycles. The summed E-state index contributed by atoms with van der Waals surface area (Å²) in [5.74, 6) is 0. The number of benzene rings is 2. The van der Waals surface area contributed by atoms with Crippen molar-refractivity contribution in [3.05, 3.63) is 59.2 Å². The molecule has 3 rings (SSSR count). The lowest BCUT2D eigenvalue weighted by Gasteiger charge is -2.29. The molecule has 0 spiro atoms. The first kappa shape index (κ1) is 16.9. The zero-order chi connectivity index (χ0) is 17.6. The van der Waals surface area contributed by atoms with Gasteiger partial charge in [0.25, 0.3) is 0 Å². The van der Waals surface area contributed by atoms with E-state index >= 15 is 0 Å². The van der Waals surface area contributed by atoms with Gasteiger partial charge in [-0.05, 0) is 49.1 Å². The van der Waals surface area contributed by atoms with Crippen LogP contribution in [-0.2, 0) is 6.54 Å². The number of nitriles is 2. The number of para-hydroxylation sites is 1. The minimum atomic E-state index is 0.534. The Balaban J connectivity index is 1.77. The van der Waals surface area contributed by atoms with Crippen molar-refractivity contribution in [2.45, 2.75) is 25.8 Å². The first-order valence-corrected chi connectivity index (χ1v) is 8.71. The molecule has 0 atom stereocenters. The summed E-state index contributed by atoms with van der Waals surface area (Å²) < 4.78 is 0. The highest BCUT2D eigenvalue weighted by atomic mass is 15.1. The van der Waals surface area contributed by atoms with Crippen LogP contribution in [0.5, 0.6) is 0 Å². The highest BCUT2D eigenvalue weighted by molar-refractivity contribution is 5.68. The van der Waals surface area contributed by atoms with Crippen molar-refractivity contribution in [1.29, 1.82) is 10.5 Å². The molecular formula is C21H22N4. The molecule has 126 valence electrons. The van der Waals surface area contributed by atoms with Crippen LogP contribution in [0, 0.1) is 22.7 Å². The highest BCUT2D eigenvalue weighted by Gasteiger charge is 2.14. The third-order valence-corrected chi connectivity index (χ3v) is 4.74. The van der Waals surface area contributed by atoms with Crippen LogP contribution in [0.2, 0.25) is 0 Å². The summed E-state index contributed by atoms with van der Waals surface area (Å²) in [6.07, 6.45) is 3.87. The van der Waals surface area contributed by atoms with Crippen LogP contribution in [0.15, 0.2) is 42.5 Å². The summed E-state index contributed by atoms with van der Waals surface area (Å²) in [6.45, 7) is 2.94. The summed E-state index contributed by atoms with van der Waals surface area (Å²) in [6, 6.07) is 18.3. The lowest BCUT2D eigenvalue weighted by Crippen LogP contribution is -2.29. The molecule has 1 aliphatic heterocycles. The van der Waals surface area contributed by atoms with Gasteiger partial charge in [-0.3, -0.25) is 0 Å². The number of hydrogen-bond acceptors (Lipinski definition) is 4. The molecule has 1 saturated heterocycles. The number of anilines is 2. The Morgan fingerprint density at radius 1 is 0.920 bits per heavy atom. The highest BCUT2D eigenvalue weighted by Crippen LogP contribution is 2.26. The molecule has 0 aliphatic carbocycles. The molecule has 0 radical (unpaired) electrons. The average molecular weight is 330 g/mol. The molecule has 0 amide bonds. The van der Waals surface area contributed by atoms with Gasteiger partial charge in [-0.2, -0.15) is 10.5 Å². The monoisotopic (exact) mass is 330 g/mol. The molecule has 0 aromatic heterocycles. The molecule has 1 aliphatic rings. The van der Waals surface area contributed by atoms with Gasteiger partial charge in [-0.25, -0.2) is 0 Å². The van der Waals surface area contributed by atoms with Crippen molar-refractivity contribution < 1.29 is 0 Å². The van der Waals surface area contributed by atoms with Crippen LogP contribution in [0.3, 0.4) is 0 Å². The summed E-state index contributed by atoms with van der Waals surface area (Å²) in [5.41, 5.74) is 4.21. The van der Waals surface area contributed by atoms with Gasteiger partial charge in [0.1, 0.15) is 12.1 Å². The van der Waals surface area contributed by atoms with Crippen molar-refractivity contribution in [1.82, 2.24) is 0 Å². The average Bonchev–Trinajstić information content (AvgIpc) is 2.68. The van der Waals surface area contributed by atoms with Crippen molar-refractivity contribution >= 4 is 11.4 Å². The molecule has 0 saturated carbocycles. The van der Waals surface area contributed by atoms with E-state index in [4.69, 9.17) is 0 Å². The van der Waals surface area contributed by atoms with Gasteiger partial charge in [0.2, 0.25) is 0 Å². The smallest absolute Gasteiger partial charge is 0.101 e. The largest absolute Gasteiger partial charge is 0.372 e. The predicted molar refractivity (Wildman–Crippen MR) is 100 cm³/mol. The Bertz CT molecular complexity index is 773. The fourth-order valence-corrected chi connectivity index (χ4v) is 3.45. The van der Waals surface area contributed by atoms with Gasteiger partial charge < -0.3 is 9.80 Å². The van der Waals surface area contributed by atoms with Crippen LogP contribution in [0.4, 0.5) is 11.4 Å². The van der Waals surface area contributed by atoms with Crippen molar-refractivity contribution in [2.75, 3.05) is 29.9 Å². The molecule has 1 fully saturated rings. The second-order valence-electron chi connectivity index (χ2n) is 6.50. The van der Waals surface area contributed by atoms with Crippen molar-refractivity contribution in [3.63, 3.8) is 0 Å². The third-order valence-electron chi connectivity index (χ3n) is 4.74. The van der Waals surface area contributed by atoms with Gasteiger partial charge >= 0.3 is 0 Å². The van der Waals surface area contributed by atoms with E-state index in [9.17, 15) is 10.5 Å². The Morgan fingerprint density at radius 3 is 2.08 bits per heavy atom. The van der Waals surface area contributed by atoms with Gasteiger partial charge in [0.15, 0.2) is 0 Å². The lowest BCUT2D eigenvalue weighted by atomic mass is 10.1. The van der Waals surface area contributed by atoms with E-state index in [1.165, 1.54) is 30.5 Å². The molecule has 1 heterocycles. The van der Waals surface area contributed by atoms with Gasteiger partial charge in [-0.1, -0.05) is 18.2 Å². The summed E-state index contributed by atoms with van der Waals surface area (Å²) in [4.78, 5) is 4.42. The number of hydrogen-bond donors (Lipinski definition) is 0. The van der Waals surface area contributed by atoms with E-state index in [0.717, 1.165) is 13.1 Å². The first-order chi connectivity index (χ1) is 12.2. The van der Waals surface area contributed by atoms with Crippen LogP contribution in [0.1, 0.15) is 36.0 Å². The normalized spacial score (nSPS) is 13.8. The summed E-state index contributed by atoms with van der Waals surface area (Å²) in [5, 5.41) is 18.7. The molecule has 0 unspecified atom stereocenters. The maximum Gasteiger partial charge on any atom is 0.101 e. The molecule has 4 heteroatoms. The first-order valence-electron chi connectivity index (χ1n) is 8.71. The Morgan fingerprint density at radius 2 is 1.52 bits per heavy atom. The minimum absolute atomic E-state index is 0.534. The Kier molecular flexibility index (Phi) is 5.21. The molecular weight excluding hydrogens is 308 g/mol. The number of nitrogens with zero attached hydrogens (tertiary/aromatic N) is 4. The predicted octanol–water partition coefficient (Wildman–Crippen LogP) is 4.06. The quantitative estimate of drug-likeness (QED) is 0.848. The zero-order valence-corrected chi connectivity index (χ0v) is 14.6. The fourth-order valence-electron chi connectivity index (χ4n) is 3.45. The molecule has 2 aromatic rings. The zero-order valence-electron chi connectivity index (χ0n) is 14.6. The Labute approximate surface area is 149 Å². The SMILES string of the molecule is CN(Cc1ccc(N2CCCCC2)cc1)c1c(C#N)cccc1C#N. The second-order valence-corrected chi connectivity index (χ2v) is 6.50. The number of piperidine rings is 1. The van der Waals surface area contributed by atoms with Crippen molar-refractivity contribution in [3.8, 4) is 12.1 Å². The fraction of sp³-hybridized carbons (Fsp3) is 0.333. The lowest BCUT2D eigenvalue weighted by molar-refractivity contribution is 0.578. The van der Waals surface area contributed by atoms with E-state index < -0.39 is 0 Å². The van der Waals surface area contributed by atoms with Crippen LogP contribution >= 0.6 is 0 Å². The van der Waals surface area contributed by atoms with Gasteiger partial charge in [0, 0.05) is 32.4 Å². The maximum absolute atomic E-state index is 9.34. The van der Waals surface area contributed by atoms with Gasteiger partial charge in [-0.15, -0.1) is 0 Å². The van der Waals surface area contributed by atoms with E-state index in [0.29, 0.717) is 23.4 Å². The third kappa shape index (κ3) is 3.75. The molecule has 25 heavy (non-hydrogen) atoms. The van der Waals surface area contributed by atoms with E-state index in [2.05, 4.69) is 41.3 Å². The maximum atomic E-state index is 9.34. The molecule has 0 N–H and O–H groups in total. The second kappa shape index (κ2) is 7.73. The number of rotatable bonds is 4. The van der Waals surface area contributed by atoms with Crippen LogP contribution < -0.4 is 9.80 Å². The van der Waals surface area contributed by atoms with Crippen molar-refractivity contribution in [2.24, 2.45) is 0 Å².